The molecule has 0 aliphatic heterocycles. The van der Waals surface area contributed by atoms with E-state index in [0.717, 1.165) is 5.69 Å². The van der Waals surface area contributed by atoms with E-state index in [-0.39, 0.29) is 12.6 Å². The Hall–Kier alpha value is -2.77. The number of hydrogen-bond donors (Lipinski definition) is 1. The van der Waals surface area contributed by atoms with E-state index in [1.54, 1.807) is 31.1 Å². The second kappa shape index (κ2) is 6.12. The van der Waals surface area contributed by atoms with Crippen LogP contribution in [0, 0.1) is 6.92 Å². The fraction of sp³-hybridized carbons (Fsp3) is 0.308. The second-order valence-electron chi connectivity index (χ2n) is 4.57. The van der Waals surface area contributed by atoms with E-state index in [0.29, 0.717) is 17.3 Å². The number of aryl methyl sites for hydroxylation is 1. The molecule has 8 heteroatoms. The van der Waals surface area contributed by atoms with Crippen LogP contribution >= 0.6 is 0 Å². The summed E-state index contributed by atoms with van der Waals surface area (Å²) >= 11 is 0. The first-order valence-electron chi connectivity index (χ1n) is 6.23. The van der Waals surface area contributed by atoms with Crippen molar-refractivity contribution < 1.29 is 9.53 Å². The van der Waals surface area contributed by atoms with Crippen LogP contribution in [0.5, 0.6) is 0 Å². The van der Waals surface area contributed by atoms with Crippen LogP contribution in [-0.2, 0) is 11.3 Å². The van der Waals surface area contributed by atoms with E-state index in [4.69, 9.17) is 10.5 Å². The molecule has 0 aliphatic rings. The number of nitrogens with two attached hydrogens (primary N) is 1. The topological polar surface area (TPSA) is 107 Å². The van der Waals surface area contributed by atoms with Crippen molar-refractivity contribution in [1.82, 2.24) is 19.9 Å². The van der Waals surface area contributed by atoms with Crippen LogP contribution in [-0.4, -0.2) is 40.0 Å². The highest BCUT2D eigenvalue weighted by molar-refractivity contribution is 5.88. The summed E-state index contributed by atoms with van der Waals surface area (Å²) in [6.07, 6.45) is 1.46. The molecule has 110 valence electrons. The average molecular weight is 288 g/mol. The maximum atomic E-state index is 11.9. The quantitative estimate of drug-likeness (QED) is 0.814. The third-order valence-electron chi connectivity index (χ3n) is 2.57. The Morgan fingerprint density at radius 3 is 2.67 bits per heavy atom. The van der Waals surface area contributed by atoms with Crippen molar-refractivity contribution in [2.75, 3.05) is 24.7 Å². The summed E-state index contributed by atoms with van der Waals surface area (Å²) in [6.45, 7) is 1.76. The van der Waals surface area contributed by atoms with Crippen LogP contribution in [0.1, 0.15) is 21.9 Å². The van der Waals surface area contributed by atoms with E-state index in [1.165, 1.54) is 6.20 Å². The van der Waals surface area contributed by atoms with Gasteiger partial charge >= 0.3 is 5.97 Å². The number of pyridine rings is 1. The average Bonchev–Trinajstić information content (AvgIpc) is 2.45. The summed E-state index contributed by atoms with van der Waals surface area (Å²) in [5.41, 5.74) is 6.79. The van der Waals surface area contributed by atoms with Crippen LogP contribution in [0.25, 0.3) is 0 Å². The van der Waals surface area contributed by atoms with Crippen LogP contribution in [0.2, 0.25) is 0 Å². The first-order chi connectivity index (χ1) is 9.95. The van der Waals surface area contributed by atoms with Crippen molar-refractivity contribution in [3.05, 3.63) is 35.4 Å². The van der Waals surface area contributed by atoms with Gasteiger partial charge in [-0.3, -0.25) is 4.98 Å². The highest BCUT2D eigenvalue weighted by atomic mass is 16.5. The molecule has 0 bridgehead atoms. The Balaban J connectivity index is 2.05. The lowest BCUT2D eigenvalue weighted by Gasteiger charge is -2.11. The van der Waals surface area contributed by atoms with Crippen LogP contribution in [0.4, 0.5) is 11.9 Å². The van der Waals surface area contributed by atoms with Gasteiger partial charge in [-0.05, 0) is 19.1 Å². The number of nitrogen functional groups attached to an aromatic ring is 1. The summed E-state index contributed by atoms with van der Waals surface area (Å²) in [5.74, 6) is 0.287. The first kappa shape index (κ1) is 14.6. The van der Waals surface area contributed by atoms with Gasteiger partial charge in [0, 0.05) is 26.0 Å². The zero-order valence-corrected chi connectivity index (χ0v) is 12.1. The minimum absolute atomic E-state index is 0.0803. The van der Waals surface area contributed by atoms with Gasteiger partial charge in [0.1, 0.15) is 0 Å². The Morgan fingerprint density at radius 2 is 2.05 bits per heavy atom. The molecule has 0 amide bonds. The second-order valence-corrected chi connectivity index (χ2v) is 4.57. The minimum Gasteiger partial charge on any atom is -0.454 e. The molecule has 2 aromatic rings. The Kier molecular flexibility index (Phi) is 4.27. The molecule has 2 N–H and O–H groups in total. The molecule has 0 atom stereocenters. The molecule has 0 fully saturated rings. The Labute approximate surface area is 122 Å². The van der Waals surface area contributed by atoms with Crippen molar-refractivity contribution in [3.63, 3.8) is 0 Å². The minimum atomic E-state index is -0.493. The Bertz CT molecular complexity index is 642. The predicted octanol–water partition coefficient (Wildman–Crippen LogP) is 0.580. The molecule has 0 aliphatic carbocycles. The van der Waals surface area contributed by atoms with Gasteiger partial charge in [0.05, 0.1) is 5.56 Å². The molecule has 2 aromatic heterocycles. The summed E-state index contributed by atoms with van der Waals surface area (Å²) in [4.78, 5) is 29.6. The summed E-state index contributed by atoms with van der Waals surface area (Å²) in [6, 6.07) is 3.39. The number of aromatic nitrogens is 4. The van der Waals surface area contributed by atoms with E-state index >= 15 is 0 Å². The lowest BCUT2D eigenvalue weighted by molar-refractivity contribution is 0.0461. The number of anilines is 2. The molecule has 2 rings (SSSR count). The molecule has 2 heterocycles. The number of hydrogen-bond acceptors (Lipinski definition) is 8. The largest absolute Gasteiger partial charge is 0.454 e. The van der Waals surface area contributed by atoms with Crippen molar-refractivity contribution in [1.29, 1.82) is 0 Å². The highest BCUT2D eigenvalue weighted by Crippen LogP contribution is 2.08. The van der Waals surface area contributed by atoms with E-state index in [9.17, 15) is 4.79 Å². The molecule has 0 saturated carbocycles. The Morgan fingerprint density at radius 1 is 1.29 bits per heavy atom. The van der Waals surface area contributed by atoms with Crippen molar-refractivity contribution in [2.24, 2.45) is 0 Å². The summed E-state index contributed by atoms with van der Waals surface area (Å²) < 4.78 is 5.14. The number of ether oxygens (including phenoxy) is 1. The number of nitrogens with zero attached hydrogens (tertiary/aromatic N) is 5. The molecular formula is C13H16N6O2. The molecule has 21 heavy (non-hydrogen) atoms. The summed E-state index contributed by atoms with van der Waals surface area (Å²) in [7, 11) is 3.56. The lowest BCUT2D eigenvalue weighted by Crippen LogP contribution is -2.17. The molecule has 0 saturated heterocycles. The van der Waals surface area contributed by atoms with Gasteiger partial charge in [-0.2, -0.15) is 15.0 Å². The molecule has 8 nitrogen and oxygen atoms in total. The van der Waals surface area contributed by atoms with E-state index in [1.807, 2.05) is 6.92 Å². The van der Waals surface area contributed by atoms with Gasteiger partial charge in [-0.1, -0.05) is 0 Å². The van der Waals surface area contributed by atoms with Crippen molar-refractivity contribution in [2.45, 2.75) is 13.5 Å². The van der Waals surface area contributed by atoms with Crippen molar-refractivity contribution >= 4 is 17.9 Å². The molecule has 0 aromatic carbocycles. The predicted molar refractivity (Wildman–Crippen MR) is 76.7 cm³/mol. The maximum absolute atomic E-state index is 11.9. The third kappa shape index (κ3) is 3.85. The van der Waals surface area contributed by atoms with Gasteiger partial charge in [0.15, 0.2) is 12.4 Å². The molecule has 0 radical (unpaired) electrons. The molecule has 0 spiro atoms. The SMILES string of the molecule is Cc1ccc(C(=O)OCc2nc(N)nc(N(C)C)n2)cn1. The van der Waals surface area contributed by atoms with Gasteiger partial charge in [0.2, 0.25) is 11.9 Å². The standard InChI is InChI=1S/C13H16N6O2/c1-8-4-5-9(6-15-8)11(20)21-7-10-16-12(14)18-13(17-10)19(2)3/h4-6H,7H2,1-3H3,(H2,14,16,17,18). The third-order valence-corrected chi connectivity index (χ3v) is 2.57. The summed E-state index contributed by atoms with van der Waals surface area (Å²) in [5, 5.41) is 0. The van der Waals surface area contributed by atoms with E-state index < -0.39 is 5.97 Å². The number of esters is 1. The van der Waals surface area contributed by atoms with Gasteiger partial charge in [-0.25, -0.2) is 4.79 Å². The van der Waals surface area contributed by atoms with Crippen LogP contribution < -0.4 is 10.6 Å². The molecular weight excluding hydrogens is 272 g/mol. The number of carbonyl (C=O) groups is 1. The van der Waals surface area contributed by atoms with Crippen LogP contribution in [0.15, 0.2) is 18.3 Å². The normalized spacial score (nSPS) is 10.2. The van der Waals surface area contributed by atoms with Gasteiger partial charge in [0.25, 0.3) is 0 Å². The van der Waals surface area contributed by atoms with Gasteiger partial charge < -0.3 is 15.4 Å². The number of carbonyl (C=O) groups excluding carboxylic acids is 1. The molecule has 0 unspecified atom stereocenters. The monoisotopic (exact) mass is 288 g/mol. The zero-order valence-electron chi connectivity index (χ0n) is 12.1. The zero-order chi connectivity index (χ0) is 15.4. The van der Waals surface area contributed by atoms with Gasteiger partial charge in [-0.15, -0.1) is 0 Å². The van der Waals surface area contributed by atoms with Crippen LogP contribution in [0.3, 0.4) is 0 Å². The number of rotatable bonds is 4. The fourth-order valence-electron chi connectivity index (χ4n) is 1.49. The highest BCUT2D eigenvalue weighted by Gasteiger charge is 2.11. The van der Waals surface area contributed by atoms with E-state index in [2.05, 4.69) is 19.9 Å². The van der Waals surface area contributed by atoms with Crippen molar-refractivity contribution in [3.8, 4) is 0 Å². The fourth-order valence-corrected chi connectivity index (χ4v) is 1.49. The first-order valence-corrected chi connectivity index (χ1v) is 6.23. The lowest BCUT2D eigenvalue weighted by atomic mass is 10.2. The maximum Gasteiger partial charge on any atom is 0.340 e. The smallest absolute Gasteiger partial charge is 0.340 e.